The van der Waals surface area contributed by atoms with Crippen molar-refractivity contribution < 1.29 is 20.1 Å². The number of nitriles is 1. The van der Waals surface area contributed by atoms with E-state index in [-0.39, 0.29) is 11.4 Å². The summed E-state index contributed by atoms with van der Waals surface area (Å²) in [5, 5.41) is 49.6. The van der Waals surface area contributed by atoms with Gasteiger partial charge in [-0.25, -0.2) is 4.98 Å². The van der Waals surface area contributed by atoms with Gasteiger partial charge in [0.1, 0.15) is 5.65 Å². The summed E-state index contributed by atoms with van der Waals surface area (Å²) in [5.74, 6) is 0.0780. The van der Waals surface area contributed by atoms with Crippen molar-refractivity contribution in [2.45, 2.75) is 81.4 Å². The van der Waals surface area contributed by atoms with E-state index in [4.69, 9.17) is 10.1 Å². The summed E-state index contributed by atoms with van der Waals surface area (Å²) in [6.45, 7) is 2.34. The van der Waals surface area contributed by atoms with E-state index in [0.29, 0.717) is 35.8 Å². The number of aryl methyl sites for hydroxylation is 1. The van der Waals surface area contributed by atoms with E-state index in [9.17, 15) is 25.4 Å². The van der Waals surface area contributed by atoms with Gasteiger partial charge in [0, 0.05) is 65.4 Å². The number of rotatable bonds is 5. The molecule has 246 valence electrons. The molecule has 3 aliphatic heterocycles. The molecule has 13 nitrogen and oxygen atoms in total. The van der Waals surface area contributed by atoms with E-state index in [1.54, 1.807) is 11.0 Å². The third kappa shape index (κ3) is 3.97. The number of fused-ring (bicyclic) bond motifs is 6. The number of aromatic nitrogens is 6. The Labute approximate surface area is 276 Å². The lowest BCUT2D eigenvalue weighted by atomic mass is 9.71. The third-order valence-electron chi connectivity index (χ3n) is 11.7. The Hall–Kier alpha value is -4.61. The SMILES string of the molecule is CN1C(=O)C2(CCN(C3(CC#N)CCCC3)CC2)c2c1cnc1[nH]c(-c3cnn4c3CCC4)c(-c3ccc4c(cnn4C(O)(O)O)c3)c21. The molecule has 0 unspecified atom stereocenters. The Balaban J connectivity index is 1.26. The second-order valence-electron chi connectivity index (χ2n) is 14.1. The molecule has 5 aromatic rings. The van der Waals surface area contributed by atoms with Gasteiger partial charge in [0.2, 0.25) is 5.91 Å². The maximum atomic E-state index is 14.4. The van der Waals surface area contributed by atoms with Crippen LogP contribution in [0.5, 0.6) is 0 Å². The molecule has 1 amide bonds. The number of nitrogens with one attached hydrogen (secondary N) is 1. The minimum atomic E-state index is -3.14. The van der Waals surface area contributed by atoms with E-state index >= 15 is 0 Å². The summed E-state index contributed by atoms with van der Waals surface area (Å²) in [6, 6.07) is 7.97. The van der Waals surface area contributed by atoms with Gasteiger partial charge in [-0.15, -0.1) is 0 Å². The normalized spacial score (nSPS) is 20.3. The first-order valence-corrected chi connectivity index (χ1v) is 16.8. The van der Waals surface area contributed by atoms with Crippen molar-refractivity contribution in [3.05, 3.63) is 48.0 Å². The fourth-order valence-electron chi connectivity index (χ4n) is 9.42. The van der Waals surface area contributed by atoms with Gasteiger partial charge in [-0.1, -0.05) is 18.9 Å². The van der Waals surface area contributed by atoms with Crippen molar-refractivity contribution in [1.82, 2.24) is 34.4 Å². The van der Waals surface area contributed by atoms with Crippen molar-refractivity contribution in [3.8, 4) is 28.5 Å². The minimum Gasteiger partial charge on any atom is -0.339 e. The zero-order chi connectivity index (χ0) is 33.0. The summed E-state index contributed by atoms with van der Waals surface area (Å²) >= 11 is 0. The van der Waals surface area contributed by atoms with Crippen LogP contribution in [0.25, 0.3) is 44.3 Å². The highest BCUT2D eigenvalue weighted by atomic mass is 16.7. The number of hydrogen-bond donors (Lipinski definition) is 4. The maximum Gasteiger partial charge on any atom is 0.389 e. The molecule has 1 saturated carbocycles. The first-order chi connectivity index (χ1) is 23.1. The third-order valence-corrected chi connectivity index (χ3v) is 11.7. The van der Waals surface area contributed by atoms with E-state index in [0.717, 1.165) is 108 Å². The van der Waals surface area contributed by atoms with E-state index in [2.05, 4.69) is 21.1 Å². The molecule has 1 aromatic carbocycles. The van der Waals surface area contributed by atoms with Crippen LogP contribution in [0.3, 0.4) is 0 Å². The average molecular weight is 648 g/mol. The summed E-state index contributed by atoms with van der Waals surface area (Å²) < 4.78 is 2.81. The number of likely N-dealkylation sites (tertiary alicyclic amines) is 1. The van der Waals surface area contributed by atoms with E-state index in [1.165, 1.54) is 6.20 Å². The number of likely N-dealkylation sites (N-methyl/N-ethyl adjacent to an activating group) is 1. The van der Waals surface area contributed by atoms with Crippen molar-refractivity contribution >= 4 is 33.5 Å². The molecule has 9 rings (SSSR count). The first kappa shape index (κ1) is 29.5. The van der Waals surface area contributed by atoms with Gasteiger partial charge in [-0.05, 0) is 56.2 Å². The van der Waals surface area contributed by atoms with Crippen molar-refractivity contribution in [1.29, 1.82) is 5.26 Å². The molecule has 13 heteroatoms. The molecule has 1 spiro atoms. The summed E-state index contributed by atoms with van der Waals surface area (Å²) in [6.07, 6.45) is 10.1. The molecule has 48 heavy (non-hydrogen) atoms. The number of aliphatic hydroxyl groups is 3. The molecule has 0 atom stereocenters. The lowest BCUT2D eigenvalue weighted by Gasteiger charge is -2.47. The Morgan fingerprint density at radius 1 is 1.02 bits per heavy atom. The minimum absolute atomic E-state index is 0.0780. The van der Waals surface area contributed by atoms with Crippen LogP contribution in [0, 0.1) is 11.3 Å². The monoisotopic (exact) mass is 647 g/mol. The molecule has 4 aliphatic rings. The van der Waals surface area contributed by atoms with E-state index in [1.807, 2.05) is 36.3 Å². The Morgan fingerprint density at radius 3 is 2.56 bits per heavy atom. The summed E-state index contributed by atoms with van der Waals surface area (Å²) in [7, 11) is 1.84. The molecule has 2 fully saturated rings. The Bertz CT molecular complexity index is 2170. The summed E-state index contributed by atoms with van der Waals surface area (Å²) in [4.78, 5) is 27.3. The van der Waals surface area contributed by atoms with Gasteiger partial charge in [0.05, 0.1) is 53.4 Å². The second-order valence-corrected chi connectivity index (χ2v) is 14.1. The lowest BCUT2D eigenvalue weighted by molar-refractivity contribution is -0.378. The highest BCUT2D eigenvalue weighted by Crippen LogP contribution is 2.55. The average Bonchev–Trinajstić information content (AvgIpc) is 3.91. The van der Waals surface area contributed by atoms with Crippen LogP contribution in [-0.2, 0) is 29.3 Å². The predicted octanol–water partition coefficient (Wildman–Crippen LogP) is 3.47. The number of pyridine rings is 1. The first-order valence-electron chi connectivity index (χ1n) is 16.8. The Morgan fingerprint density at radius 2 is 1.81 bits per heavy atom. The van der Waals surface area contributed by atoms with Crippen LogP contribution < -0.4 is 4.90 Å². The zero-order valence-electron chi connectivity index (χ0n) is 26.8. The van der Waals surface area contributed by atoms with Crippen LogP contribution in [0.15, 0.2) is 36.8 Å². The van der Waals surface area contributed by atoms with Gasteiger partial charge >= 0.3 is 6.10 Å². The highest BCUT2D eigenvalue weighted by molar-refractivity contribution is 6.16. The Kier molecular flexibility index (Phi) is 6.27. The smallest absolute Gasteiger partial charge is 0.339 e. The molecule has 4 N–H and O–H groups in total. The number of H-pyrrole nitrogens is 1. The number of hydrogen-bond acceptors (Lipinski definition) is 9. The largest absolute Gasteiger partial charge is 0.389 e. The topological polar surface area (TPSA) is 172 Å². The van der Waals surface area contributed by atoms with Crippen LogP contribution in [0.2, 0.25) is 0 Å². The number of anilines is 1. The lowest BCUT2D eigenvalue weighted by Crippen LogP contribution is -2.55. The van der Waals surface area contributed by atoms with Crippen LogP contribution >= 0.6 is 0 Å². The van der Waals surface area contributed by atoms with E-state index < -0.39 is 11.5 Å². The zero-order valence-corrected chi connectivity index (χ0v) is 26.8. The number of aromatic amines is 1. The molecule has 0 bridgehead atoms. The fraction of sp³-hybridized carbons (Fsp3) is 0.457. The van der Waals surface area contributed by atoms with Gasteiger partial charge in [-0.3, -0.25) is 14.4 Å². The van der Waals surface area contributed by atoms with Gasteiger partial charge in [0.25, 0.3) is 0 Å². The molecule has 7 heterocycles. The van der Waals surface area contributed by atoms with Crippen molar-refractivity contribution in [2.24, 2.45) is 0 Å². The quantitative estimate of drug-likeness (QED) is 0.209. The molecule has 4 aromatic heterocycles. The van der Waals surface area contributed by atoms with Gasteiger partial charge in [0.15, 0.2) is 0 Å². The number of piperidine rings is 1. The molecular formula is C35H37N9O4. The number of benzene rings is 1. The van der Waals surface area contributed by atoms with Crippen LogP contribution in [-0.4, -0.2) is 81.3 Å². The van der Waals surface area contributed by atoms with Crippen LogP contribution in [0.1, 0.15) is 62.6 Å². The number of amides is 1. The molecule has 0 radical (unpaired) electrons. The summed E-state index contributed by atoms with van der Waals surface area (Å²) in [5.41, 5.74) is 6.72. The molecular weight excluding hydrogens is 610 g/mol. The highest BCUT2D eigenvalue weighted by Gasteiger charge is 2.55. The number of carbonyl (C=O) groups is 1. The van der Waals surface area contributed by atoms with Crippen LogP contribution in [0.4, 0.5) is 5.69 Å². The second kappa shape index (κ2) is 10.2. The molecule has 1 saturated heterocycles. The predicted molar refractivity (Wildman–Crippen MR) is 176 cm³/mol. The number of nitrogens with zero attached hydrogens (tertiary/aromatic N) is 8. The van der Waals surface area contributed by atoms with Gasteiger partial charge in [-0.2, -0.15) is 20.1 Å². The van der Waals surface area contributed by atoms with Gasteiger partial charge < -0.3 is 25.2 Å². The standard InChI is InChI=1S/C35H37N9O4/c1-41-26-20-37-31-28(29(26)34(32(41)45)11-15-42(16-12-34)33(10-13-36)8-2-3-9-33)27(30(40-31)23-19-38-43-14-4-5-25(23)43)21-6-7-24-22(17-21)18-39-44(24)35(46,47)48/h6-7,17-20,46-48H,2-5,8-12,14-16H2,1H3,(H,37,40). The van der Waals surface area contributed by atoms with Crippen molar-refractivity contribution in [2.75, 3.05) is 25.0 Å². The maximum absolute atomic E-state index is 14.4. The molecule has 1 aliphatic carbocycles. The van der Waals surface area contributed by atoms with Crippen molar-refractivity contribution in [3.63, 3.8) is 0 Å². The number of carbonyl (C=O) groups excluding carboxylic acids is 1. The fourth-order valence-corrected chi connectivity index (χ4v) is 9.42.